The Hall–Kier alpha value is -0.730. The molecule has 0 heterocycles. The van der Waals surface area contributed by atoms with E-state index in [0.717, 1.165) is 23.6 Å². The van der Waals surface area contributed by atoms with E-state index in [-0.39, 0.29) is 0 Å². The van der Waals surface area contributed by atoms with Crippen LogP contribution < -0.4 is 10.6 Å². The molecule has 16 heavy (non-hydrogen) atoms. The quantitative estimate of drug-likeness (QED) is 0.855. The molecule has 3 heteroatoms. The number of anilines is 1. The Morgan fingerprint density at radius 1 is 1.38 bits per heavy atom. The van der Waals surface area contributed by atoms with E-state index in [1.165, 1.54) is 5.69 Å². The molecule has 0 aliphatic carbocycles. The highest BCUT2D eigenvalue weighted by Crippen LogP contribution is 2.28. The lowest BCUT2D eigenvalue weighted by atomic mass is 10.1. The van der Waals surface area contributed by atoms with Crippen molar-refractivity contribution in [2.24, 2.45) is 5.73 Å². The van der Waals surface area contributed by atoms with E-state index in [1.54, 1.807) is 0 Å². The van der Waals surface area contributed by atoms with E-state index in [4.69, 9.17) is 17.3 Å². The number of nitrogens with two attached hydrogens (primary N) is 1. The summed E-state index contributed by atoms with van der Waals surface area (Å²) in [6.45, 7) is 8.04. The minimum absolute atomic E-state index is 0.488. The Balaban J connectivity index is 3.14. The van der Waals surface area contributed by atoms with Crippen molar-refractivity contribution in [3.8, 4) is 0 Å². The normalized spacial score (nSPS) is 12.6. The Morgan fingerprint density at radius 2 is 2.06 bits per heavy atom. The molecule has 1 unspecified atom stereocenters. The van der Waals surface area contributed by atoms with Crippen LogP contribution in [0.25, 0.3) is 0 Å². The fraction of sp³-hybridized carbons (Fsp3) is 0.538. The van der Waals surface area contributed by atoms with Gasteiger partial charge in [-0.2, -0.15) is 0 Å². The first kappa shape index (κ1) is 13.3. The van der Waals surface area contributed by atoms with Gasteiger partial charge in [0.2, 0.25) is 0 Å². The second-order valence-electron chi connectivity index (χ2n) is 3.98. The largest absolute Gasteiger partial charge is 0.369 e. The number of benzene rings is 1. The highest BCUT2D eigenvalue weighted by Gasteiger charge is 2.15. The lowest BCUT2D eigenvalue weighted by Crippen LogP contribution is -2.33. The average Bonchev–Trinajstić information content (AvgIpc) is 2.30. The average molecular weight is 241 g/mol. The molecule has 0 aliphatic heterocycles. The van der Waals surface area contributed by atoms with Crippen molar-refractivity contribution < 1.29 is 0 Å². The standard InChI is InChI=1S/C13H21ClN2/c1-4-10(3)16(5-2)13-8-6-7-12(14)11(13)9-15/h6-8,10H,4-5,9,15H2,1-3H3. The molecule has 0 saturated heterocycles. The Morgan fingerprint density at radius 3 is 2.56 bits per heavy atom. The van der Waals surface area contributed by atoms with Crippen LogP contribution in [0.15, 0.2) is 18.2 Å². The van der Waals surface area contributed by atoms with Crippen molar-refractivity contribution in [3.05, 3.63) is 28.8 Å². The zero-order valence-corrected chi connectivity index (χ0v) is 11.1. The summed E-state index contributed by atoms with van der Waals surface area (Å²) in [5, 5.41) is 0.766. The van der Waals surface area contributed by atoms with Gasteiger partial charge in [0.1, 0.15) is 0 Å². The van der Waals surface area contributed by atoms with Crippen LogP contribution in [0.5, 0.6) is 0 Å². The van der Waals surface area contributed by atoms with Crippen LogP contribution in [0.2, 0.25) is 5.02 Å². The fourth-order valence-corrected chi connectivity index (χ4v) is 2.20. The van der Waals surface area contributed by atoms with Crippen molar-refractivity contribution in [2.45, 2.75) is 39.8 Å². The molecule has 2 nitrogen and oxygen atoms in total. The first-order valence-corrected chi connectivity index (χ1v) is 6.27. The maximum atomic E-state index is 6.17. The van der Waals surface area contributed by atoms with E-state index in [0.29, 0.717) is 12.6 Å². The molecule has 2 N–H and O–H groups in total. The van der Waals surface area contributed by atoms with Gasteiger partial charge in [0.15, 0.2) is 0 Å². The first-order valence-electron chi connectivity index (χ1n) is 5.89. The topological polar surface area (TPSA) is 29.3 Å². The van der Waals surface area contributed by atoms with Gasteiger partial charge in [0.05, 0.1) is 0 Å². The minimum Gasteiger partial charge on any atom is -0.369 e. The van der Waals surface area contributed by atoms with Gasteiger partial charge in [-0.15, -0.1) is 0 Å². The van der Waals surface area contributed by atoms with Crippen LogP contribution in [0.3, 0.4) is 0 Å². The molecule has 1 aromatic rings. The molecule has 0 spiro atoms. The number of halogens is 1. The highest BCUT2D eigenvalue weighted by molar-refractivity contribution is 6.31. The Kier molecular flexibility index (Phi) is 5.10. The van der Waals surface area contributed by atoms with Gasteiger partial charge in [-0.25, -0.2) is 0 Å². The summed E-state index contributed by atoms with van der Waals surface area (Å²) >= 11 is 6.17. The van der Waals surface area contributed by atoms with Crippen molar-refractivity contribution in [1.82, 2.24) is 0 Å². The second kappa shape index (κ2) is 6.12. The van der Waals surface area contributed by atoms with Gasteiger partial charge in [0.25, 0.3) is 0 Å². The summed E-state index contributed by atoms with van der Waals surface area (Å²) in [6, 6.07) is 6.50. The van der Waals surface area contributed by atoms with E-state index in [2.05, 4.69) is 31.7 Å². The molecule has 0 amide bonds. The molecule has 1 rings (SSSR count). The highest BCUT2D eigenvalue weighted by atomic mass is 35.5. The van der Waals surface area contributed by atoms with Crippen LogP contribution in [-0.2, 0) is 6.54 Å². The molecule has 0 aliphatic rings. The molecule has 0 saturated carbocycles. The molecule has 0 bridgehead atoms. The lowest BCUT2D eigenvalue weighted by Gasteiger charge is -2.31. The van der Waals surface area contributed by atoms with Crippen LogP contribution in [0, 0.1) is 0 Å². The summed E-state index contributed by atoms with van der Waals surface area (Å²) in [4.78, 5) is 2.36. The van der Waals surface area contributed by atoms with Crippen molar-refractivity contribution >= 4 is 17.3 Å². The number of hydrogen-bond acceptors (Lipinski definition) is 2. The Bertz CT molecular complexity index is 339. The summed E-state index contributed by atoms with van der Waals surface area (Å²) in [6.07, 6.45) is 1.12. The zero-order chi connectivity index (χ0) is 12.1. The molecule has 0 radical (unpaired) electrons. The van der Waals surface area contributed by atoms with Crippen molar-refractivity contribution in [2.75, 3.05) is 11.4 Å². The molecule has 1 aromatic carbocycles. The van der Waals surface area contributed by atoms with E-state index < -0.39 is 0 Å². The summed E-state index contributed by atoms with van der Waals surface area (Å²) < 4.78 is 0. The number of nitrogens with zero attached hydrogens (tertiary/aromatic N) is 1. The van der Waals surface area contributed by atoms with E-state index >= 15 is 0 Å². The van der Waals surface area contributed by atoms with Gasteiger partial charge >= 0.3 is 0 Å². The van der Waals surface area contributed by atoms with Crippen LogP contribution in [0.1, 0.15) is 32.8 Å². The molecule has 1 atom stereocenters. The Labute approximate surface area is 103 Å². The molecular formula is C13H21ClN2. The summed E-state index contributed by atoms with van der Waals surface area (Å²) in [5.74, 6) is 0. The predicted molar refractivity (Wildman–Crippen MR) is 72.1 cm³/mol. The molecule has 0 aromatic heterocycles. The van der Waals surface area contributed by atoms with Crippen LogP contribution in [-0.4, -0.2) is 12.6 Å². The number of hydrogen-bond donors (Lipinski definition) is 1. The first-order chi connectivity index (χ1) is 7.65. The van der Waals surface area contributed by atoms with Gasteiger partial charge in [-0.3, -0.25) is 0 Å². The van der Waals surface area contributed by atoms with Gasteiger partial charge in [-0.1, -0.05) is 24.6 Å². The third-order valence-corrected chi connectivity index (χ3v) is 3.43. The smallest absolute Gasteiger partial charge is 0.0471 e. The maximum absolute atomic E-state index is 6.17. The van der Waals surface area contributed by atoms with Gasteiger partial charge in [0, 0.05) is 35.4 Å². The molecule has 90 valence electrons. The van der Waals surface area contributed by atoms with Crippen molar-refractivity contribution in [3.63, 3.8) is 0 Å². The summed E-state index contributed by atoms with van der Waals surface area (Å²) in [7, 11) is 0. The van der Waals surface area contributed by atoms with E-state index in [9.17, 15) is 0 Å². The second-order valence-corrected chi connectivity index (χ2v) is 4.39. The summed E-state index contributed by atoms with van der Waals surface area (Å²) in [5.41, 5.74) is 7.99. The van der Waals surface area contributed by atoms with Crippen LogP contribution in [0.4, 0.5) is 5.69 Å². The molecular weight excluding hydrogens is 220 g/mol. The lowest BCUT2D eigenvalue weighted by molar-refractivity contribution is 0.627. The van der Waals surface area contributed by atoms with Gasteiger partial charge in [-0.05, 0) is 32.4 Å². The van der Waals surface area contributed by atoms with Gasteiger partial charge < -0.3 is 10.6 Å². The van der Waals surface area contributed by atoms with Crippen LogP contribution >= 0.6 is 11.6 Å². The third kappa shape index (κ3) is 2.69. The van der Waals surface area contributed by atoms with Crippen molar-refractivity contribution in [1.29, 1.82) is 0 Å². The molecule has 0 fully saturated rings. The number of rotatable bonds is 5. The minimum atomic E-state index is 0.488. The SMILES string of the molecule is CCC(C)N(CC)c1cccc(Cl)c1CN. The third-order valence-electron chi connectivity index (χ3n) is 3.07. The van der Waals surface area contributed by atoms with E-state index in [1.807, 2.05) is 12.1 Å². The predicted octanol–water partition coefficient (Wildman–Crippen LogP) is 3.42. The maximum Gasteiger partial charge on any atom is 0.0471 e. The zero-order valence-electron chi connectivity index (χ0n) is 10.3. The monoisotopic (exact) mass is 240 g/mol. The fourth-order valence-electron chi connectivity index (χ4n) is 1.96.